The quantitative estimate of drug-likeness (QED) is 0.853. The Kier molecular flexibility index (Phi) is 4.14. The minimum absolute atomic E-state index is 0.0168. The van der Waals surface area contributed by atoms with Crippen LogP contribution in [0, 0.1) is 5.92 Å². The van der Waals surface area contributed by atoms with Gasteiger partial charge in [-0.15, -0.1) is 0 Å². The summed E-state index contributed by atoms with van der Waals surface area (Å²) in [6.45, 7) is 1.85. The van der Waals surface area contributed by atoms with Crippen LogP contribution in [0.2, 0.25) is 5.02 Å². The second-order valence-electron chi connectivity index (χ2n) is 7.14. The van der Waals surface area contributed by atoms with Gasteiger partial charge in [-0.05, 0) is 68.4 Å². The van der Waals surface area contributed by atoms with E-state index in [-0.39, 0.29) is 18.1 Å². The maximum absolute atomic E-state index is 12.8. The average molecular weight is 357 g/mol. The Balaban J connectivity index is 1.95. The molecular weight excluding hydrogens is 336 g/mol. The molecule has 2 aliphatic rings. The number of nitrogens with zero attached hydrogens (tertiary/aromatic N) is 2. The number of aromatic nitrogens is 1. The number of rotatable bonds is 1. The van der Waals surface area contributed by atoms with Crippen LogP contribution in [0.4, 0.5) is 0 Å². The van der Waals surface area contributed by atoms with Crippen molar-refractivity contribution in [2.45, 2.75) is 24.9 Å². The summed E-state index contributed by atoms with van der Waals surface area (Å²) in [4.78, 5) is 19.5. The van der Waals surface area contributed by atoms with Gasteiger partial charge in [0.2, 0.25) is 0 Å². The van der Waals surface area contributed by atoms with E-state index in [4.69, 9.17) is 11.6 Å². The van der Waals surface area contributed by atoms with Gasteiger partial charge >= 0.3 is 0 Å². The van der Waals surface area contributed by atoms with Crippen LogP contribution >= 0.6 is 11.6 Å². The van der Waals surface area contributed by atoms with Crippen LogP contribution in [0.25, 0.3) is 0 Å². The minimum Gasteiger partial charge on any atom is -0.378 e. The number of piperidine rings is 1. The molecule has 1 saturated heterocycles. The monoisotopic (exact) mass is 356 g/mol. The molecule has 0 saturated carbocycles. The lowest BCUT2D eigenvalue weighted by Gasteiger charge is -2.41. The maximum Gasteiger partial charge on any atom is 0.169 e. The van der Waals surface area contributed by atoms with Gasteiger partial charge in [0, 0.05) is 29.1 Å². The Morgan fingerprint density at radius 3 is 2.80 bits per heavy atom. The van der Waals surface area contributed by atoms with Gasteiger partial charge in [0.15, 0.2) is 5.78 Å². The lowest BCUT2D eigenvalue weighted by atomic mass is 9.72. The predicted octanol–water partition coefficient (Wildman–Crippen LogP) is 3.05. The van der Waals surface area contributed by atoms with Crippen molar-refractivity contribution >= 4 is 17.4 Å². The van der Waals surface area contributed by atoms with Crippen molar-refractivity contribution in [3.05, 3.63) is 63.9 Å². The molecule has 1 aromatic carbocycles. The number of ketones is 1. The third kappa shape index (κ3) is 2.69. The number of benzene rings is 1. The number of aliphatic hydroxyl groups is 1. The van der Waals surface area contributed by atoms with Crippen LogP contribution in [0.3, 0.4) is 0 Å². The highest BCUT2D eigenvalue weighted by atomic mass is 35.5. The van der Waals surface area contributed by atoms with E-state index in [0.29, 0.717) is 16.3 Å². The molecule has 4 nitrogen and oxygen atoms in total. The van der Waals surface area contributed by atoms with E-state index in [1.54, 1.807) is 30.5 Å². The second kappa shape index (κ2) is 6.20. The molecule has 25 heavy (non-hydrogen) atoms. The van der Waals surface area contributed by atoms with E-state index in [0.717, 1.165) is 37.1 Å². The number of pyridine rings is 1. The van der Waals surface area contributed by atoms with Crippen molar-refractivity contribution in [1.29, 1.82) is 0 Å². The molecule has 2 heterocycles. The third-order valence-electron chi connectivity index (χ3n) is 5.61. The van der Waals surface area contributed by atoms with Gasteiger partial charge in [-0.2, -0.15) is 0 Å². The van der Waals surface area contributed by atoms with Crippen molar-refractivity contribution in [2.24, 2.45) is 5.92 Å². The van der Waals surface area contributed by atoms with Crippen LogP contribution in [0.5, 0.6) is 0 Å². The standard InChI is InChI=1S/C20H21ClN2O2/c1-23-9-6-14(7-10-23)20(25)17-5-4-15(21)11-13(17)12-18(24)16-3-2-8-22-19(16)20/h2-5,8,11,14,25H,6-7,9-10,12H2,1H3. The minimum atomic E-state index is -1.26. The first-order chi connectivity index (χ1) is 12.0. The van der Waals surface area contributed by atoms with Gasteiger partial charge in [0.25, 0.3) is 0 Å². The number of likely N-dealkylation sites (tertiary alicyclic amines) is 1. The van der Waals surface area contributed by atoms with Crippen molar-refractivity contribution < 1.29 is 9.90 Å². The molecule has 2 aromatic rings. The van der Waals surface area contributed by atoms with Crippen LogP contribution in [0.1, 0.15) is 40.0 Å². The summed E-state index contributed by atoms with van der Waals surface area (Å²) in [7, 11) is 2.09. The fourth-order valence-corrected chi connectivity index (χ4v) is 4.44. The summed E-state index contributed by atoms with van der Waals surface area (Å²) in [6.07, 6.45) is 3.62. The normalized spacial score (nSPS) is 24.5. The summed E-state index contributed by atoms with van der Waals surface area (Å²) >= 11 is 6.17. The Morgan fingerprint density at radius 2 is 2.04 bits per heavy atom. The molecule has 1 N–H and O–H groups in total. The Bertz CT molecular complexity index is 830. The molecule has 4 rings (SSSR count). The fraction of sp³-hybridized carbons (Fsp3) is 0.400. The lowest BCUT2D eigenvalue weighted by Crippen LogP contribution is -2.44. The zero-order valence-electron chi connectivity index (χ0n) is 14.2. The van der Waals surface area contributed by atoms with Gasteiger partial charge in [0.1, 0.15) is 5.60 Å². The van der Waals surface area contributed by atoms with Crippen molar-refractivity contribution in [1.82, 2.24) is 9.88 Å². The smallest absolute Gasteiger partial charge is 0.169 e. The maximum atomic E-state index is 12.8. The molecule has 1 aliphatic carbocycles. The summed E-state index contributed by atoms with van der Waals surface area (Å²) in [5, 5.41) is 12.6. The SMILES string of the molecule is CN1CCC(C2(O)c3ccc(Cl)cc3CC(=O)c3cccnc32)CC1. The van der Waals surface area contributed by atoms with Gasteiger partial charge in [-0.3, -0.25) is 9.78 Å². The molecule has 1 aromatic heterocycles. The number of hydrogen-bond acceptors (Lipinski definition) is 4. The largest absolute Gasteiger partial charge is 0.378 e. The second-order valence-corrected chi connectivity index (χ2v) is 7.58. The summed E-state index contributed by atoms with van der Waals surface area (Å²) in [5.74, 6) is -0.00125. The summed E-state index contributed by atoms with van der Waals surface area (Å²) in [5.41, 5.74) is 1.34. The highest BCUT2D eigenvalue weighted by Crippen LogP contribution is 2.45. The molecule has 1 aliphatic heterocycles. The molecule has 0 spiro atoms. The first-order valence-electron chi connectivity index (χ1n) is 8.68. The van der Waals surface area contributed by atoms with Crippen LogP contribution < -0.4 is 0 Å². The molecule has 1 unspecified atom stereocenters. The van der Waals surface area contributed by atoms with Crippen molar-refractivity contribution in [3.63, 3.8) is 0 Å². The summed E-state index contributed by atoms with van der Waals surface area (Å²) < 4.78 is 0. The van der Waals surface area contributed by atoms with E-state index in [9.17, 15) is 9.90 Å². The molecule has 5 heteroatoms. The van der Waals surface area contributed by atoms with Gasteiger partial charge < -0.3 is 10.0 Å². The molecule has 1 atom stereocenters. The fourth-order valence-electron chi connectivity index (χ4n) is 4.25. The number of carbonyl (C=O) groups excluding carboxylic acids is 1. The predicted molar refractivity (Wildman–Crippen MR) is 96.9 cm³/mol. The Labute approximate surface area is 152 Å². The van der Waals surface area contributed by atoms with E-state index >= 15 is 0 Å². The van der Waals surface area contributed by atoms with E-state index in [1.807, 2.05) is 6.07 Å². The Morgan fingerprint density at radius 1 is 1.28 bits per heavy atom. The molecular formula is C20H21ClN2O2. The Hall–Kier alpha value is -1.75. The van der Waals surface area contributed by atoms with E-state index < -0.39 is 5.60 Å². The van der Waals surface area contributed by atoms with Crippen molar-refractivity contribution in [3.8, 4) is 0 Å². The topological polar surface area (TPSA) is 53.4 Å². The lowest BCUT2D eigenvalue weighted by molar-refractivity contribution is -0.0147. The number of fused-ring (bicyclic) bond motifs is 2. The van der Waals surface area contributed by atoms with Gasteiger partial charge in [-0.1, -0.05) is 17.7 Å². The molecule has 0 bridgehead atoms. The zero-order valence-corrected chi connectivity index (χ0v) is 15.0. The first kappa shape index (κ1) is 16.7. The molecule has 130 valence electrons. The van der Waals surface area contributed by atoms with Crippen LogP contribution in [-0.2, 0) is 12.0 Å². The third-order valence-corrected chi connectivity index (χ3v) is 5.84. The molecule has 0 radical (unpaired) electrons. The number of hydrogen-bond donors (Lipinski definition) is 1. The number of halogens is 1. The zero-order chi connectivity index (χ0) is 17.6. The van der Waals surface area contributed by atoms with Gasteiger partial charge in [0.05, 0.1) is 5.69 Å². The van der Waals surface area contributed by atoms with Gasteiger partial charge in [-0.25, -0.2) is 0 Å². The highest BCUT2D eigenvalue weighted by Gasteiger charge is 2.47. The van der Waals surface area contributed by atoms with Crippen LogP contribution in [-0.4, -0.2) is 40.9 Å². The first-order valence-corrected chi connectivity index (χ1v) is 9.06. The van der Waals surface area contributed by atoms with Crippen molar-refractivity contribution in [2.75, 3.05) is 20.1 Å². The highest BCUT2D eigenvalue weighted by molar-refractivity contribution is 6.30. The average Bonchev–Trinajstić information content (AvgIpc) is 2.70. The molecule has 1 fully saturated rings. The number of carbonyl (C=O) groups is 1. The summed E-state index contributed by atoms with van der Waals surface area (Å²) in [6, 6.07) is 9.00. The molecule has 0 amide bonds. The van der Waals surface area contributed by atoms with Crippen LogP contribution in [0.15, 0.2) is 36.5 Å². The number of Topliss-reactive ketones (excluding diaryl/α,β-unsaturated/α-hetero) is 1. The van der Waals surface area contributed by atoms with E-state index in [1.165, 1.54) is 0 Å². The van der Waals surface area contributed by atoms with E-state index in [2.05, 4.69) is 16.9 Å².